The Balaban J connectivity index is 2.55. The third-order valence-electron chi connectivity index (χ3n) is 2.85. The second-order valence-corrected chi connectivity index (χ2v) is 4.44. The van der Waals surface area contributed by atoms with E-state index in [2.05, 4.69) is 5.16 Å². The molecule has 0 bridgehead atoms. The van der Waals surface area contributed by atoms with E-state index in [4.69, 9.17) is 10.3 Å². The van der Waals surface area contributed by atoms with Gasteiger partial charge in [-0.2, -0.15) is 0 Å². The van der Waals surface area contributed by atoms with Crippen LogP contribution < -0.4 is 5.73 Å². The first-order chi connectivity index (χ1) is 9.02. The summed E-state index contributed by atoms with van der Waals surface area (Å²) in [5.74, 6) is 0.868. The van der Waals surface area contributed by atoms with Gasteiger partial charge in [0.05, 0.1) is 4.92 Å². The first-order valence-electron chi connectivity index (χ1n) is 6.03. The number of aryl methyl sites for hydroxylation is 1. The molecule has 19 heavy (non-hydrogen) atoms. The lowest BCUT2D eigenvalue weighted by molar-refractivity contribution is -0.384. The van der Waals surface area contributed by atoms with Crippen molar-refractivity contribution in [1.29, 1.82) is 0 Å². The van der Waals surface area contributed by atoms with E-state index in [1.165, 1.54) is 12.1 Å². The van der Waals surface area contributed by atoms with Crippen LogP contribution in [0.2, 0.25) is 0 Å². The average Bonchev–Trinajstić information content (AvgIpc) is 2.71. The van der Waals surface area contributed by atoms with E-state index < -0.39 is 4.92 Å². The summed E-state index contributed by atoms with van der Waals surface area (Å²) in [5, 5.41) is 14.6. The summed E-state index contributed by atoms with van der Waals surface area (Å²) in [7, 11) is 0. The molecule has 0 atom stereocenters. The highest BCUT2D eigenvalue weighted by Crippen LogP contribution is 2.31. The fourth-order valence-electron chi connectivity index (χ4n) is 2.04. The zero-order valence-electron chi connectivity index (χ0n) is 10.8. The van der Waals surface area contributed by atoms with Crippen molar-refractivity contribution < 1.29 is 9.45 Å². The topological polar surface area (TPSA) is 95.2 Å². The second-order valence-electron chi connectivity index (χ2n) is 4.44. The zero-order valence-corrected chi connectivity index (χ0v) is 10.8. The monoisotopic (exact) mass is 261 g/mol. The quantitative estimate of drug-likeness (QED) is 0.674. The van der Waals surface area contributed by atoms with Gasteiger partial charge in [-0.1, -0.05) is 18.5 Å². The molecular weight excluding hydrogens is 246 g/mol. The molecule has 2 aromatic rings. The Morgan fingerprint density at radius 2 is 2.16 bits per heavy atom. The Kier molecular flexibility index (Phi) is 3.50. The third kappa shape index (κ3) is 2.57. The molecule has 2 N–H and O–H groups in total. The highest BCUT2D eigenvalue weighted by molar-refractivity contribution is 5.69. The van der Waals surface area contributed by atoms with E-state index in [1.807, 2.05) is 13.0 Å². The Morgan fingerprint density at radius 3 is 2.79 bits per heavy atom. The molecule has 1 aromatic carbocycles. The van der Waals surface area contributed by atoms with Crippen LogP contribution in [-0.2, 0) is 6.42 Å². The Labute approximate surface area is 110 Å². The van der Waals surface area contributed by atoms with Crippen LogP contribution >= 0.6 is 0 Å². The van der Waals surface area contributed by atoms with Crippen molar-refractivity contribution in [2.45, 2.75) is 26.7 Å². The molecule has 1 heterocycles. The molecule has 0 aliphatic heterocycles. The molecule has 0 aliphatic rings. The van der Waals surface area contributed by atoms with Gasteiger partial charge in [-0.15, -0.1) is 0 Å². The molecule has 0 fully saturated rings. The van der Waals surface area contributed by atoms with Crippen LogP contribution in [0.3, 0.4) is 0 Å². The molecule has 1 aromatic heterocycles. The van der Waals surface area contributed by atoms with Crippen molar-refractivity contribution in [3.8, 4) is 11.3 Å². The van der Waals surface area contributed by atoms with Crippen molar-refractivity contribution in [1.82, 2.24) is 5.16 Å². The fourth-order valence-corrected chi connectivity index (χ4v) is 2.04. The molecule has 6 heteroatoms. The van der Waals surface area contributed by atoms with Gasteiger partial charge in [0.1, 0.15) is 0 Å². The van der Waals surface area contributed by atoms with Gasteiger partial charge in [-0.25, -0.2) is 0 Å². The van der Waals surface area contributed by atoms with E-state index in [9.17, 15) is 10.1 Å². The van der Waals surface area contributed by atoms with Gasteiger partial charge < -0.3 is 10.3 Å². The normalized spacial score (nSPS) is 10.6. The zero-order chi connectivity index (χ0) is 14.0. The molecular formula is C13H15N3O3. The highest BCUT2D eigenvalue weighted by Gasteiger charge is 2.18. The lowest BCUT2D eigenvalue weighted by atomic mass is 10.0. The summed E-state index contributed by atoms with van der Waals surface area (Å²) < 4.78 is 5.23. The first kappa shape index (κ1) is 13.1. The van der Waals surface area contributed by atoms with Gasteiger partial charge in [0.15, 0.2) is 11.6 Å². The number of nitrogens with zero attached hydrogens (tertiary/aromatic N) is 2. The number of hydrogen-bond donors (Lipinski definition) is 1. The minimum atomic E-state index is -0.421. The number of nitrogens with two attached hydrogens (primary N) is 1. The predicted molar refractivity (Wildman–Crippen MR) is 71.7 cm³/mol. The van der Waals surface area contributed by atoms with Crippen LogP contribution in [-0.4, -0.2) is 10.1 Å². The van der Waals surface area contributed by atoms with Crippen molar-refractivity contribution in [2.75, 3.05) is 5.73 Å². The number of nitrogen functional groups attached to an aromatic ring is 1. The lowest BCUT2D eigenvalue weighted by Gasteiger charge is -2.02. The number of non-ortho nitro benzene ring substituents is 1. The molecule has 0 saturated carbocycles. The summed E-state index contributed by atoms with van der Waals surface area (Å²) in [6.07, 6.45) is 1.62. The Bertz CT molecular complexity index is 620. The van der Waals surface area contributed by atoms with Crippen LogP contribution in [0.1, 0.15) is 24.5 Å². The first-order valence-corrected chi connectivity index (χ1v) is 6.03. The van der Waals surface area contributed by atoms with Gasteiger partial charge in [0.2, 0.25) is 0 Å². The van der Waals surface area contributed by atoms with Crippen LogP contribution in [0.15, 0.2) is 22.7 Å². The van der Waals surface area contributed by atoms with Crippen LogP contribution in [0.5, 0.6) is 0 Å². The number of rotatable bonds is 4. The maximum atomic E-state index is 10.9. The van der Waals surface area contributed by atoms with E-state index in [0.717, 1.165) is 24.0 Å². The van der Waals surface area contributed by atoms with Crippen LogP contribution in [0.4, 0.5) is 11.5 Å². The van der Waals surface area contributed by atoms with Crippen LogP contribution in [0.25, 0.3) is 11.3 Å². The number of aromatic nitrogens is 1. The molecule has 0 amide bonds. The SMILES string of the molecule is CCCc1c(N)noc1-c1cc(C)cc([N+](=O)[O-])c1. The van der Waals surface area contributed by atoms with Gasteiger partial charge in [0, 0.05) is 23.3 Å². The van der Waals surface area contributed by atoms with Crippen molar-refractivity contribution >= 4 is 11.5 Å². The molecule has 0 saturated heterocycles. The predicted octanol–water partition coefficient (Wildman–Crippen LogP) is 3.09. The smallest absolute Gasteiger partial charge is 0.270 e. The fraction of sp³-hybridized carbons (Fsp3) is 0.308. The molecule has 6 nitrogen and oxygen atoms in total. The number of nitro benzene ring substituents is 1. The van der Waals surface area contributed by atoms with Crippen molar-refractivity contribution in [3.05, 3.63) is 39.4 Å². The summed E-state index contributed by atoms with van der Waals surface area (Å²) in [6.45, 7) is 3.82. The minimum absolute atomic E-state index is 0.0346. The van der Waals surface area contributed by atoms with E-state index >= 15 is 0 Å². The Morgan fingerprint density at radius 1 is 1.42 bits per heavy atom. The summed E-state index contributed by atoms with van der Waals surface area (Å²) >= 11 is 0. The summed E-state index contributed by atoms with van der Waals surface area (Å²) in [6, 6.07) is 4.82. The van der Waals surface area contributed by atoms with E-state index in [-0.39, 0.29) is 5.69 Å². The van der Waals surface area contributed by atoms with Gasteiger partial charge in [-0.3, -0.25) is 10.1 Å². The molecule has 0 spiro atoms. The van der Waals surface area contributed by atoms with Gasteiger partial charge in [0.25, 0.3) is 5.69 Å². The summed E-state index contributed by atoms with van der Waals surface area (Å²) in [5.41, 5.74) is 8.04. The second kappa shape index (κ2) is 5.09. The third-order valence-corrected chi connectivity index (χ3v) is 2.85. The largest absolute Gasteiger partial charge is 0.381 e. The molecule has 0 unspecified atom stereocenters. The number of anilines is 1. The maximum absolute atomic E-state index is 10.9. The maximum Gasteiger partial charge on any atom is 0.270 e. The van der Waals surface area contributed by atoms with E-state index in [1.54, 1.807) is 6.92 Å². The molecule has 100 valence electrons. The molecule has 0 aliphatic carbocycles. The van der Waals surface area contributed by atoms with Gasteiger partial charge >= 0.3 is 0 Å². The number of hydrogen-bond acceptors (Lipinski definition) is 5. The average molecular weight is 261 g/mol. The highest BCUT2D eigenvalue weighted by atomic mass is 16.6. The van der Waals surface area contributed by atoms with E-state index in [0.29, 0.717) is 17.1 Å². The summed E-state index contributed by atoms with van der Waals surface area (Å²) in [4.78, 5) is 10.5. The van der Waals surface area contributed by atoms with Crippen molar-refractivity contribution in [2.24, 2.45) is 0 Å². The molecule has 2 rings (SSSR count). The minimum Gasteiger partial charge on any atom is -0.381 e. The van der Waals surface area contributed by atoms with Crippen LogP contribution in [0, 0.1) is 17.0 Å². The van der Waals surface area contributed by atoms with Crippen molar-refractivity contribution in [3.63, 3.8) is 0 Å². The standard InChI is InChI=1S/C13H15N3O3/c1-3-4-11-12(19-15-13(11)14)9-5-8(2)6-10(7-9)16(17)18/h5-7H,3-4H2,1-2H3,(H2,14,15). The number of nitro groups is 1. The van der Waals surface area contributed by atoms with Gasteiger partial charge in [-0.05, 0) is 25.0 Å². The molecule has 0 radical (unpaired) electrons. The number of benzene rings is 1. The lowest BCUT2D eigenvalue weighted by Crippen LogP contribution is -1.94. The Hall–Kier alpha value is -2.37.